The van der Waals surface area contributed by atoms with E-state index in [9.17, 15) is 4.79 Å². The number of carbonyl (C=O) groups is 1. The van der Waals surface area contributed by atoms with Crippen molar-refractivity contribution in [2.45, 2.75) is 52.0 Å². The number of rotatable bonds is 4. The summed E-state index contributed by atoms with van der Waals surface area (Å²) in [4.78, 5) is 18.1. The van der Waals surface area contributed by atoms with E-state index in [2.05, 4.69) is 36.2 Å². The van der Waals surface area contributed by atoms with E-state index in [1.165, 1.54) is 0 Å². The van der Waals surface area contributed by atoms with Crippen LogP contribution in [0.25, 0.3) is 0 Å². The molecule has 0 saturated carbocycles. The molecular weight excluding hydrogens is 304 g/mol. The summed E-state index contributed by atoms with van der Waals surface area (Å²) in [7, 11) is 0. The molecule has 1 amide bonds. The van der Waals surface area contributed by atoms with Crippen molar-refractivity contribution in [1.82, 2.24) is 10.1 Å². The summed E-state index contributed by atoms with van der Waals surface area (Å²) in [5.74, 6) is 1.47. The molecule has 3 rings (SSSR count). The number of nitrogens with one attached hydrogen (secondary N) is 1. The molecule has 1 fully saturated rings. The number of anilines is 2. The van der Waals surface area contributed by atoms with Crippen molar-refractivity contribution in [3.63, 3.8) is 0 Å². The Kier molecular flexibility index (Phi) is 4.30. The third-order valence-electron chi connectivity index (χ3n) is 4.12. The summed E-state index contributed by atoms with van der Waals surface area (Å²) in [6, 6.07) is 7.78. The van der Waals surface area contributed by atoms with Crippen LogP contribution < -0.4 is 10.2 Å². The van der Waals surface area contributed by atoms with E-state index < -0.39 is 0 Å². The van der Waals surface area contributed by atoms with E-state index in [4.69, 9.17) is 4.52 Å². The second kappa shape index (κ2) is 6.26. The van der Waals surface area contributed by atoms with Crippen molar-refractivity contribution >= 4 is 17.3 Å². The number of amides is 1. The Hall–Kier alpha value is -2.37. The van der Waals surface area contributed by atoms with Crippen LogP contribution >= 0.6 is 0 Å². The van der Waals surface area contributed by atoms with Gasteiger partial charge in [-0.15, -0.1) is 0 Å². The maximum Gasteiger partial charge on any atom is 0.248 e. The molecule has 0 aliphatic carbocycles. The Morgan fingerprint density at radius 3 is 2.50 bits per heavy atom. The molecule has 1 saturated heterocycles. The molecule has 1 aromatic heterocycles. The molecule has 0 bridgehead atoms. The van der Waals surface area contributed by atoms with Crippen LogP contribution in [-0.4, -0.2) is 22.6 Å². The molecule has 2 aromatic rings. The van der Waals surface area contributed by atoms with Crippen LogP contribution in [0, 0.1) is 0 Å². The molecule has 1 aliphatic rings. The van der Waals surface area contributed by atoms with E-state index in [-0.39, 0.29) is 17.4 Å². The van der Waals surface area contributed by atoms with Gasteiger partial charge < -0.3 is 14.7 Å². The smallest absolute Gasteiger partial charge is 0.248 e. The Balaban J connectivity index is 1.67. The minimum atomic E-state index is -0.134. The predicted molar refractivity (Wildman–Crippen MR) is 93.1 cm³/mol. The topological polar surface area (TPSA) is 71.3 Å². The van der Waals surface area contributed by atoms with Gasteiger partial charge in [0.15, 0.2) is 5.82 Å². The molecule has 0 spiro atoms. The van der Waals surface area contributed by atoms with E-state index >= 15 is 0 Å². The van der Waals surface area contributed by atoms with Gasteiger partial charge in [-0.25, -0.2) is 0 Å². The summed E-state index contributed by atoms with van der Waals surface area (Å²) < 4.78 is 5.37. The molecule has 0 radical (unpaired) electrons. The van der Waals surface area contributed by atoms with Gasteiger partial charge in [0.2, 0.25) is 11.8 Å². The second-order valence-electron chi connectivity index (χ2n) is 7.27. The number of hydrogen-bond acceptors (Lipinski definition) is 5. The van der Waals surface area contributed by atoms with Crippen LogP contribution in [0.5, 0.6) is 0 Å². The van der Waals surface area contributed by atoms with Crippen molar-refractivity contribution in [2.24, 2.45) is 0 Å². The molecule has 24 heavy (non-hydrogen) atoms. The number of carbonyl (C=O) groups excluding carboxylic acids is 1. The lowest BCUT2D eigenvalue weighted by molar-refractivity contribution is -0.117. The van der Waals surface area contributed by atoms with Crippen molar-refractivity contribution in [3.05, 3.63) is 36.0 Å². The summed E-state index contributed by atoms with van der Waals surface area (Å²) in [6.07, 6.45) is 1.58. The maximum atomic E-state index is 11.8. The van der Waals surface area contributed by atoms with Crippen LogP contribution in [0.1, 0.15) is 58.3 Å². The van der Waals surface area contributed by atoms with Crippen LogP contribution in [0.2, 0.25) is 0 Å². The fourth-order valence-electron chi connectivity index (χ4n) is 2.69. The molecule has 1 N–H and O–H groups in total. The summed E-state index contributed by atoms with van der Waals surface area (Å²) in [5, 5.41) is 7.41. The Bertz CT molecular complexity index is 715. The zero-order valence-electron chi connectivity index (χ0n) is 14.7. The molecular formula is C18H24N4O2. The van der Waals surface area contributed by atoms with Crippen LogP contribution in [-0.2, 0) is 10.2 Å². The number of hydrogen-bond donors (Lipinski definition) is 1. The zero-order chi connectivity index (χ0) is 17.3. The zero-order valence-corrected chi connectivity index (χ0v) is 14.7. The van der Waals surface area contributed by atoms with Crippen molar-refractivity contribution < 1.29 is 9.32 Å². The molecule has 128 valence electrons. The second-order valence-corrected chi connectivity index (χ2v) is 7.27. The predicted octanol–water partition coefficient (Wildman–Crippen LogP) is 3.67. The van der Waals surface area contributed by atoms with E-state index in [0.29, 0.717) is 18.1 Å². The first-order valence-electron chi connectivity index (χ1n) is 8.35. The third kappa shape index (κ3) is 3.42. The van der Waals surface area contributed by atoms with Gasteiger partial charge in [-0.2, -0.15) is 4.98 Å². The highest BCUT2D eigenvalue weighted by Crippen LogP contribution is 2.26. The fourth-order valence-corrected chi connectivity index (χ4v) is 2.69. The maximum absolute atomic E-state index is 11.8. The highest BCUT2D eigenvalue weighted by Gasteiger charge is 2.24. The van der Waals surface area contributed by atoms with Gasteiger partial charge >= 0.3 is 0 Å². The molecule has 1 aromatic carbocycles. The van der Waals surface area contributed by atoms with Crippen molar-refractivity contribution in [1.29, 1.82) is 0 Å². The standard InChI is InChI=1S/C18H24N4O2/c1-12(16-20-17(21-24-16)18(2,3)4)19-13-7-9-14(10-8-13)22-11-5-6-15(22)23/h7-10,12,19H,5-6,11H2,1-4H3/t12-/m1/s1. The molecule has 1 aliphatic heterocycles. The first kappa shape index (κ1) is 16.5. The SMILES string of the molecule is C[C@@H](Nc1ccc(N2CCCC2=O)cc1)c1nc(C(C)(C)C)no1. The monoisotopic (exact) mass is 328 g/mol. The van der Waals surface area contributed by atoms with E-state index in [1.807, 2.05) is 36.1 Å². The third-order valence-corrected chi connectivity index (χ3v) is 4.12. The lowest BCUT2D eigenvalue weighted by Crippen LogP contribution is -2.23. The van der Waals surface area contributed by atoms with Crippen molar-refractivity contribution in [3.8, 4) is 0 Å². The molecule has 6 heteroatoms. The fraction of sp³-hybridized carbons (Fsp3) is 0.500. The van der Waals surface area contributed by atoms with Crippen molar-refractivity contribution in [2.75, 3.05) is 16.8 Å². The highest BCUT2D eigenvalue weighted by molar-refractivity contribution is 5.95. The average Bonchev–Trinajstić information content (AvgIpc) is 3.16. The largest absolute Gasteiger partial charge is 0.374 e. The van der Waals surface area contributed by atoms with Gasteiger partial charge in [-0.3, -0.25) is 4.79 Å². The Morgan fingerprint density at radius 2 is 1.96 bits per heavy atom. The molecule has 2 heterocycles. The lowest BCUT2D eigenvalue weighted by atomic mass is 9.96. The van der Waals surface area contributed by atoms with Crippen LogP contribution in [0.4, 0.5) is 11.4 Å². The first-order chi connectivity index (χ1) is 11.3. The van der Waals surface area contributed by atoms with Gasteiger partial charge in [0.1, 0.15) is 6.04 Å². The van der Waals surface area contributed by atoms with Gasteiger partial charge in [0.25, 0.3) is 0 Å². The van der Waals surface area contributed by atoms with Crippen LogP contribution in [0.15, 0.2) is 28.8 Å². The summed E-state index contributed by atoms with van der Waals surface area (Å²) in [6.45, 7) is 8.95. The van der Waals surface area contributed by atoms with Gasteiger partial charge in [-0.1, -0.05) is 25.9 Å². The summed E-state index contributed by atoms with van der Waals surface area (Å²) >= 11 is 0. The Labute approximate surface area is 142 Å². The lowest BCUT2D eigenvalue weighted by Gasteiger charge is -2.17. The quantitative estimate of drug-likeness (QED) is 0.927. The minimum Gasteiger partial charge on any atom is -0.374 e. The minimum absolute atomic E-state index is 0.0899. The normalized spacial score (nSPS) is 16.5. The number of benzene rings is 1. The van der Waals surface area contributed by atoms with Gasteiger partial charge in [0.05, 0.1) is 0 Å². The summed E-state index contributed by atoms with van der Waals surface area (Å²) in [5.41, 5.74) is 1.77. The van der Waals surface area contributed by atoms with Gasteiger partial charge in [0, 0.05) is 29.8 Å². The average molecular weight is 328 g/mol. The van der Waals surface area contributed by atoms with E-state index in [1.54, 1.807) is 0 Å². The van der Waals surface area contributed by atoms with E-state index in [0.717, 1.165) is 24.3 Å². The number of nitrogens with zero attached hydrogens (tertiary/aromatic N) is 3. The Morgan fingerprint density at radius 1 is 1.25 bits per heavy atom. The highest BCUT2D eigenvalue weighted by atomic mass is 16.5. The number of aromatic nitrogens is 2. The molecule has 6 nitrogen and oxygen atoms in total. The first-order valence-corrected chi connectivity index (χ1v) is 8.35. The van der Waals surface area contributed by atoms with Crippen LogP contribution in [0.3, 0.4) is 0 Å². The molecule has 0 unspecified atom stereocenters. The molecule has 1 atom stereocenters. The van der Waals surface area contributed by atoms with Gasteiger partial charge in [-0.05, 0) is 37.6 Å².